The quantitative estimate of drug-likeness (QED) is 0.495. The van der Waals surface area contributed by atoms with Crippen LogP contribution in [0, 0.1) is 0 Å². The third-order valence-electron chi connectivity index (χ3n) is 0.992. The van der Waals surface area contributed by atoms with Gasteiger partial charge in [-0.05, 0) is 0 Å². The summed E-state index contributed by atoms with van der Waals surface area (Å²) in [5.41, 5.74) is 5.44. The Bertz CT molecular complexity index is 244. The first-order valence-electron chi connectivity index (χ1n) is 2.63. The summed E-state index contributed by atoms with van der Waals surface area (Å²) in [6.45, 7) is 0. The highest BCUT2D eigenvalue weighted by Crippen LogP contribution is 2.00. The standard InChI is InChI=1S/C5H7N3O2.H3N/c1-10-5(9)3-2-4(6)8-7-3;/h2H,1H3,(H3,6,7,8);1H3. The normalized spacial score (nSPS) is 8.45. The van der Waals surface area contributed by atoms with Crippen molar-refractivity contribution in [1.82, 2.24) is 16.3 Å². The first-order chi connectivity index (χ1) is 4.74. The molecule has 0 bridgehead atoms. The van der Waals surface area contributed by atoms with Gasteiger partial charge in [0.05, 0.1) is 7.11 Å². The Labute approximate surface area is 63.3 Å². The van der Waals surface area contributed by atoms with E-state index >= 15 is 0 Å². The number of aromatic nitrogens is 2. The Kier molecular flexibility index (Phi) is 3.06. The molecule has 6 nitrogen and oxygen atoms in total. The molecule has 0 unspecified atom stereocenters. The van der Waals surface area contributed by atoms with Crippen molar-refractivity contribution < 1.29 is 9.53 Å². The zero-order valence-electron chi connectivity index (χ0n) is 6.13. The molecule has 0 saturated carbocycles. The number of aromatic amines is 1. The zero-order valence-corrected chi connectivity index (χ0v) is 6.13. The van der Waals surface area contributed by atoms with Crippen LogP contribution in [-0.2, 0) is 4.74 Å². The van der Waals surface area contributed by atoms with E-state index in [1.807, 2.05) is 0 Å². The topological polar surface area (TPSA) is 116 Å². The molecule has 0 atom stereocenters. The second kappa shape index (κ2) is 3.57. The molecule has 0 radical (unpaired) electrons. The molecule has 6 heteroatoms. The van der Waals surface area contributed by atoms with Gasteiger partial charge in [0.1, 0.15) is 5.82 Å². The van der Waals surface area contributed by atoms with Crippen LogP contribution in [-0.4, -0.2) is 23.3 Å². The van der Waals surface area contributed by atoms with Crippen molar-refractivity contribution in [3.8, 4) is 0 Å². The van der Waals surface area contributed by atoms with Crippen molar-refractivity contribution in [2.24, 2.45) is 0 Å². The zero-order chi connectivity index (χ0) is 7.56. The lowest BCUT2D eigenvalue weighted by Gasteiger charge is -1.89. The lowest BCUT2D eigenvalue weighted by Crippen LogP contribution is -2.00. The third-order valence-corrected chi connectivity index (χ3v) is 0.992. The van der Waals surface area contributed by atoms with Gasteiger partial charge in [0, 0.05) is 6.07 Å². The van der Waals surface area contributed by atoms with Crippen LogP contribution in [0.15, 0.2) is 6.07 Å². The highest BCUT2D eigenvalue weighted by molar-refractivity contribution is 5.87. The highest BCUT2D eigenvalue weighted by Gasteiger charge is 2.07. The minimum absolute atomic E-state index is 0. The number of hydrogen-bond donors (Lipinski definition) is 3. The number of ether oxygens (including phenoxy) is 1. The number of nitrogens with one attached hydrogen (secondary N) is 1. The number of methoxy groups -OCH3 is 1. The van der Waals surface area contributed by atoms with Gasteiger partial charge in [0.15, 0.2) is 5.69 Å². The van der Waals surface area contributed by atoms with E-state index < -0.39 is 5.97 Å². The number of carbonyl (C=O) groups is 1. The molecular formula is C5H10N4O2. The molecule has 0 saturated heterocycles. The molecule has 11 heavy (non-hydrogen) atoms. The van der Waals surface area contributed by atoms with Gasteiger partial charge in [-0.25, -0.2) is 4.79 Å². The molecule has 0 amide bonds. The summed E-state index contributed by atoms with van der Waals surface area (Å²) in [7, 11) is 1.28. The summed E-state index contributed by atoms with van der Waals surface area (Å²) in [6.07, 6.45) is 0. The van der Waals surface area contributed by atoms with Gasteiger partial charge in [-0.2, -0.15) is 5.10 Å². The average Bonchev–Trinajstić information content (AvgIpc) is 2.34. The van der Waals surface area contributed by atoms with E-state index in [2.05, 4.69) is 14.9 Å². The van der Waals surface area contributed by atoms with Crippen LogP contribution < -0.4 is 11.9 Å². The van der Waals surface area contributed by atoms with Crippen LogP contribution in [0.5, 0.6) is 0 Å². The average molecular weight is 158 g/mol. The Morgan fingerprint density at radius 3 is 2.82 bits per heavy atom. The largest absolute Gasteiger partial charge is 0.464 e. The SMILES string of the molecule is COC(=O)c1cc(N)[nH]n1.N. The maximum absolute atomic E-state index is 10.7. The molecule has 62 valence electrons. The highest BCUT2D eigenvalue weighted by atomic mass is 16.5. The summed E-state index contributed by atoms with van der Waals surface area (Å²) < 4.78 is 4.37. The van der Waals surface area contributed by atoms with Gasteiger partial charge in [0.25, 0.3) is 0 Å². The van der Waals surface area contributed by atoms with Crippen molar-refractivity contribution in [1.29, 1.82) is 0 Å². The summed E-state index contributed by atoms with van der Waals surface area (Å²) in [5, 5.41) is 5.97. The molecule has 0 spiro atoms. The smallest absolute Gasteiger partial charge is 0.358 e. The van der Waals surface area contributed by atoms with E-state index in [9.17, 15) is 4.79 Å². The second-order valence-electron chi connectivity index (χ2n) is 1.70. The lowest BCUT2D eigenvalue weighted by atomic mass is 10.4. The molecule has 0 fully saturated rings. The van der Waals surface area contributed by atoms with Gasteiger partial charge in [-0.15, -0.1) is 0 Å². The molecule has 0 aliphatic heterocycles. The number of hydrogen-bond acceptors (Lipinski definition) is 5. The van der Waals surface area contributed by atoms with Gasteiger partial charge >= 0.3 is 5.97 Å². The fraction of sp³-hybridized carbons (Fsp3) is 0.200. The maximum atomic E-state index is 10.7. The molecule has 1 aromatic rings. The van der Waals surface area contributed by atoms with Crippen LogP contribution in [0.2, 0.25) is 0 Å². The predicted octanol–water partition coefficient (Wildman–Crippen LogP) is -0.0595. The Morgan fingerprint density at radius 2 is 2.45 bits per heavy atom. The summed E-state index contributed by atoms with van der Waals surface area (Å²) in [5.74, 6) is -0.145. The number of carbonyl (C=O) groups excluding carboxylic acids is 1. The number of anilines is 1. The van der Waals surface area contributed by atoms with Gasteiger partial charge in [-0.1, -0.05) is 0 Å². The lowest BCUT2D eigenvalue weighted by molar-refractivity contribution is 0.0594. The fourth-order valence-corrected chi connectivity index (χ4v) is 0.546. The van der Waals surface area contributed by atoms with Gasteiger partial charge in [0.2, 0.25) is 0 Å². The molecule has 6 N–H and O–H groups in total. The van der Waals surface area contributed by atoms with E-state index in [-0.39, 0.29) is 11.8 Å². The molecule has 0 aromatic carbocycles. The van der Waals surface area contributed by atoms with E-state index in [4.69, 9.17) is 5.73 Å². The third kappa shape index (κ3) is 1.94. The molecule has 1 aromatic heterocycles. The molecule has 1 rings (SSSR count). The predicted molar refractivity (Wildman–Crippen MR) is 39.4 cm³/mol. The first kappa shape index (κ1) is 9.44. The van der Waals surface area contributed by atoms with E-state index in [0.29, 0.717) is 5.82 Å². The van der Waals surface area contributed by atoms with Crippen molar-refractivity contribution in [3.63, 3.8) is 0 Å². The number of nitrogen functional groups attached to an aromatic ring is 1. The molecule has 1 heterocycles. The van der Waals surface area contributed by atoms with E-state index in [1.54, 1.807) is 0 Å². The number of rotatable bonds is 1. The van der Waals surface area contributed by atoms with Crippen LogP contribution in [0.1, 0.15) is 10.5 Å². The molecular weight excluding hydrogens is 148 g/mol. The van der Waals surface area contributed by atoms with E-state index in [1.165, 1.54) is 13.2 Å². The van der Waals surface area contributed by atoms with Crippen LogP contribution in [0.3, 0.4) is 0 Å². The van der Waals surface area contributed by atoms with Crippen LogP contribution in [0.25, 0.3) is 0 Å². The van der Waals surface area contributed by atoms with Crippen molar-refractivity contribution in [3.05, 3.63) is 11.8 Å². The summed E-state index contributed by atoms with van der Waals surface area (Å²) >= 11 is 0. The van der Waals surface area contributed by atoms with Gasteiger partial charge in [-0.3, -0.25) is 5.10 Å². The summed E-state index contributed by atoms with van der Waals surface area (Å²) in [4.78, 5) is 10.7. The Hall–Kier alpha value is -1.56. The Morgan fingerprint density at radius 1 is 1.82 bits per heavy atom. The number of nitrogens with two attached hydrogens (primary N) is 1. The van der Waals surface area contributed by atoms with E-state index in [0.717, 1.165) is 0 Å². The van der Waals surface area contributed by atoms with Crippen molar-refractivity contribution in [2.75, 3.05) is 12.8 Å². The van der Waals surface area contributed by atoms with Crippen LogP contribution >= 0.6 is 0 Å². The van der Waals surface area contributed by atoms with Crippen LogP contribution in [0.4, 0.5) is 5.82 Å². The summed E-state index contributed by atoms with van der Waals surface area (Å²) in [6, 6.07) is 1.41. The second-order valence-corrected chi connectivity index (χ2v) is 1.70. The fourth-order valence-electron chi connectivity index (χ4n) is 0.546. The van der Waals surface area contributed by atoms with Crippen molar-refractivity contribution in [2.45, 2.75) is 0 Å². The number of nitrogens with zero attached hydrogens (tertiary/aromatic N) is 1. The minimum Gasteiger partial charge on any atom is -0.464 e. The Balaban J connectivity index is 0.000001000. The monoisotopic (exact) mass is 158 g/mol. The molecule has 0 aliphatic rings. The number of esters is 1. The minimum atomic E-state index is -0.493. The van der Waals surface area contributed by atoms with Gasteiger partial charge < -0.3 is 16.6 Å². The van der Waals surface area contributed by atoms with Crippen molar-refractivity contribution >= 4 is 11.8 Å². The first-order valence-corrected chi connectivity index (χ1v) is 2.63. The molecule has 0 aliphatic carbocycles. The number of H-pyrrole nitrogens is 1. The maximum Gasteiger partial charge on any atom is 0.358 e.